The summed E-state index contributed by atoms with van der Waals surface area (Å²) in [6.07, 6.45) is -10.1. The highest BCUT2D eigenvalue weighted by Crippen LogP contribution is 2.36. The molecule has 0 spiro atoms. The number of hydrogen-bond acceptors (Lipinski definition) is 2. The highest BCUT2D eigenvalue weighted by molar-refractivity contribution is 5.95. The molecule has 2 aromatic rings. The van der Waals surface area contributed by atoms with E-state index in [1.807, 2.05) is 0 Å². The van der Waals surface area contributed by atoms with Crippen molar-refractivity contribution in [3.63, 3.8) is 0 Å². The second-order valence-corrected chi connectivity index (χ2v) is 5.41. The molecule has 0 fully saturated rings. The summed E-state index contributed by atoms with van der Waals surface area (Å²) in [5.41, 5.74) is -3.52. The maximum absolute atomic E-state index is 12.9. The average Bonchev–Trinajstić information content (AvgIpc) is 2.58. The lowest BCUT2D eigenvalue weighted by atomic mass is 10.0. The van der Waals surface area contributed by atoms with Gasteiger partial charge in [0.15, 0.2) is 0 Å². The Balaban J connectivity index is 2.38. The first-order chi connectivity index (χ1) is 12.0. The lowest BCUT2D eigenvalue weighted by Crippen LogP contribution is -2.31. The van der Waals surface area contributed by atoms with Crippen molar-refractivity contribution in [1.82, 2.24) is 5.32 Å². The lowest BCUT2D eigenvalue weighted by molar-refractivity contribution is -0.143. The second kappa shape index (κ2) is 7.36. The topological polar surface area (TPSA) is 49.3 Å². The Morgan fingerprint density at radius 2 is 1.42 bits per heavy atom. The van der Waals surface area contributed by atoms with Gasteiger partial charge in [0.05, 0.1) is 23.8 Å². The molecule has 0 bridgehead atoms. The quantitative estimate of drug-likeness (QED) is 0.786. The molecule has 0 saturated heterocycles. The molecule has 0 aliphatic carbocycles. The SMILES string of the molecule is O=C(N[C@H](CO)c1ccccc1)c1cc(C(F)(F)F)cc(C(F)(F)F)c1. The maximum atomic E-state index is 12.9. The first-order valence-corrected chi connectivity index (χ1v) is 7.28. The van der Waals surface area contributed by atoms with Crippen LogP contribution in [0, 0.1) is 0 Å². The van der Waals surface area contributed by atoms with E-state index in [2.05, 4.69) is 5.32 Å². The summed E-state index contributed by atoms with van der Waals surface area (Å²) in [4.78, 5) is 12.2. The fourth-order valence-electron chi connectivity index (χ4n) is 2.25. The Morgan fingerprint density at radius 1 is 0.923 bits per heavy atom. The summed E-state index contributed by atoms with van der Waals surface area (Å²) in [5.74, 6) is -1.16. The summed E-state index contributed by atoms with van der Waals surface area (Å²) in [6, 6.07) is 7.62. The van der Waals surface area contributed by atoms with E-state index in [0.717, 1.165) is 0 Å². The van der Waals surface area contributed by atoms with E-state index < -0.39 is 47.6 Å². The number of carbonyl (C=O) groups is 1. The smallest absolute Gasteiger partial charge is 0.394 e. The average molecular weight is 377 g/mol. The molecule has 9 heteroatoms. The van der Waals surface area contributed by atoms with Gasteiger partial charge in [-0.3, -0.25) is 4.79 Å². The molecule has 3 nitrogen and oxygen atoms in total. The van der Waals surface area contributed by atoms with E-state index in [0.29, 0.717) is 17.7 Å². The van der Waals surface area contributed by atoms with Crippen LogP contribution in [0.1, 0.15) is 33.1 Å². The van der Waals surface area contributed by atoms with Crippen LogP contribution in [0.15, 0.2) is 48.5 Å². The number of carbonyl (C=O) groups excluding carboxylic acids is 1. The van der Waals surface area contributed by atoms with Gasteiger partial charge in [-0.1, -0.05) is 30.3 Å². The zero-order valence-corrected chi connectivity index (χ0v) is 13.0. The Labute approximate surface area is 144 Å². The molecule has 26 heavy (non-hydrogen) atoms. The molecule has 1 atom stereocenters. The summed E-state index contributed by atoms with van der Waals surface area (Å²) in [7, 11) is 0. The summed E-state index contributed by atoms with van der Waals surface area (Å²) >= 11 is 0. The van der Waals surface area contributed by atoms with Crippen LogP contribution >= 0.6 is 0 Å². The number of aliphatic hydroxyl groups is 1. The zero-order chi connectivity index (χ0) is 19.5. The van der Waals surface area contributed by atoms with Crippen LogP contribution < -0.4 is 5.32 Å². The molecule has 0 heterocycles. The Bertz CT molecular complexity index is 739. The molecular formula is C17H13F6NO2. The summed E-state index contributed by atoms with van der Waals surface area (Å²) < 4.78 is 77.1. The van der Waals surface area contributed by atoms with E-state index in [4.69, 9.17) is 0 Å². The van der Waals surface area contributed by atoms with Crippen LogP contribution in [0.3, 0.4) is 0 Å². The highest BCUT2D eigenvalue weighted by Gasteiger charge is 2.37. The van der Waals surface area contributed by atoms with Crippen molar-refractivity contribution in [1.29, 1.82) is 0 Å². The van der Waals surface area contributed by atoms with Gasteiger partial charge < -0.3 is 10.4 Å². The molecule has 140 valence electrons. The molecule has 0 radical (unpaired) electrons. The van der Waals surface area contributed by atoms with Gasteiger partial charge in [0, 0.05) is 5.56 Å². The standard InChI is InChI=1S/C17H13F6NO2/c18-16(19,20)12-6-11(7-13(8-12)17(21,22)23)15(26)24-14(9-25)10-4-2-1-3-5-10/h1-8,14,25H,9H2,(H,24,26)/t14-/m1/s1. The fourth-order valence-corrected chi connectivity index (χ4v) is 2.25. The monoisotopic (exact) mass is 377 g/mol. The summed E-state index contributed by atoms with van der Waals surface area (Å²) in [6.45, 7) is -0.582. The van der Waals surface area contributed by atoms with Crippen LogP contribution in [0.5, 0.6) is 0 Å². The van der Waals surface area contributed by atoms with Gasteiger partial charge in [-0.05, 0) is 23.8 Å². The van der Waals surface area contributed by atoms with Gasteiger partial charge in [-0.25, -0.2) is 0 Å². The second-order valence-electron chi connectivity index (χ2n) is 5.41. The third-order valence-corrected chi connectivity index (χ3v) is 3.54. The zero-order valence-electron chi connectivity index (χ0n) is 13.0. The van der Waals surface area contributed by atoms with Crippen molar-refractivity contribution in [2.75, 3.05) is 6.61 Å². The Kier molecular flexibility index (Phi) is 5.60. The van der Waals surface area contributed by atoms with Crippen LogP contribution in [0.25, 0.3) is 0 Å². The normalized spacial score (nSPS) is 13.3. The van der Waals surface area contributed by atoms with E-state index in [1.54, 1.807) is 30.3 Å². The molecule has 2 aromatic carbocycles. The molecule has 0 unspecified atom stereocenters. The van der Waals surface area contributed by atoms with Gasteiger partial charge >= 0.3 is 12.4 Å². The minimum absolute atomic E-state index is 0.0580. The number of amides is 1. The fraction of sp³-hybridized carbons (Fsp3) is 0.235. The van der Waals surface area contributed by atoms with E-state index >= 15 is 0 Å². The number of rotatable bonds is 4. The van der Waals surface area contributed by atoms with Crippen molar-refractivity contribution in [2.45, 2.75) is 18.4 Å². The molecule has 2 rings (SSSR count). The minimum atomic E-state index is -5.05. The molecule has 1 amide bonds. The van der Waals surface area contributed by atoms with Crippen molar-refractivity contribution in [3.05, 3.63) is 70.8 Å². The van der Waals surface area contributed by atoms with Gasteiger partial charge in [0.2, 0.25) is 0 Å². The first kappa shape index (κ1) is 19.8. The molecule has 0 aliphatic heterocycles. The Morgan fingerprint density at radius 3 is 1.85 bits per heavy atom. The number of aliphatic hydroxyl groups excluding tert-OH is 1. The minimum Gasteiger partial charge on any atom is -0.394 e. The third kappa shape index (κ3) is 4.75. The van der Waals surface area contributed by atoms with Crippen LogP contribution in [-0.4, -0.2) is 17.6 Å². The highest BCUT2D eigenvalue weighted by atomic mass is 19.4. The number of halogens is 6. The molecular weight excluding hydrogens is 364 g/mol. The summed E-state index contributed by atoms with van der Waals surface area (Å²) in [5, 5.41) is 11.6. The van der Waals surface area contributed by atoms with Crippen LogP contribution in [0.2, 0.25) is 0 Å². The Hall–Kier alpha value is -2.55. The molecule has 0 aromatic heterocycles. The van der Waals surface area contributed by atoms with E-state index in [9.17, 15) is 36.2 Å². The third-order valence-electron chi connectivity index (χ3n) is 3.54. The van der Waals surface area contributed by atoms with Gasteiger partial charge in [-0.15, -0.1) is 0 Å². The number of benzene rings is 2. The predicted octanol–water partition coefficient (Wildman–Crippen LogP) is 4.19. The molecule has 0 aliphatic rings. The van der Waals surface area contributed by atoms with Gasteiger partial charge in [0.1, 0.15) is 0 Å². The largest absolute Gasteiger partial charge is 0.416 e. The van der Waals surface area contributed by atoms with E-state index in [1.165, 1.54) is 0 Å². The van der Waals surface area contributed by atoms with E-state index in [-0.39, 0.29) is 6.07 Å². The maximum Gasteiger partial charge on any atom is 0.416 e. The van der Waals surface area contributed by atoms with Crippen molar-refractivity contribution in [2.24, 2.45) is 0 Å². The first-order valence-electron chi connectivity index (χ1n) is 7.28. The molecule has 0 saturated carbocycles. The van der Waals surface area contributed by atoms with Crippen molar-refractivity contribution < 1.29 is 36.2 Å². The van der Waals surface area contributed by atoms with Gasteiger partial charge in [0.25, 0.3) is 5.91 Å². The van der Waals surface area contributed by atoms with Crippen LogP contribution in [0.4, 0.5) is 26.3 Å². The lowest BCUT2D eigenvalue weighted by Gasteiger charge is -2.18. The van der Waals surface area contributed by atoms with Gasteiger partial charge in [-0.2, -0.15) is 26.3 Å². The van der Waals surface area contributed by atoms with Crippen LogP contribution in [-0.2, 0) is 12.4 Å². The number of hydrogen-bond donors (Lipinski definition) is 2. The van der Waals surface area contributed by atoms with Crippen molar-refractivity contribution >= 4 is 5.91 Å². The number of alkyl halides is 6. The number of nitrogens with one attached hydrogen (secondary N) is 1. The van der Waals surface area contributed by atoms with Crippen molar-refractivity contribution in [3.8, 4) is 0 Å². The predicted molar refractivity (Wildman–Crippen MR) is 80.2 cm³/mol. The molecule has 2 N–H and O–H groups in total.